The van der Waals surface area contributed by atoms with Crippen LogP contribution in [0.15, 0.2) is 28.7 Å². The largest absolute Gasteiger partial charge is 0.439 e. The number of anilines is 1. The van der Waals surface area contributed by atoms with E-state index in [0.717, 1.165) is 0 Å². The molecule has 0 amide bonds. The van der Waals surface area contributed by atoms with Crippen LogP contribution in [-0.2, 0) is 0 Å². The van der Waals surface area contributed by atoms with Gasteiger partial charge in [-0.25, -0.2) is 0 Å². The van der Waals surface area contributed by atoms with Crippen LogP contribution < -0.4 is 5.73 Å². The number of benzene rings is 1. The fourth-order valence-electron chi connectivity index (χ4n) is 1.31. The Bertz CT molecular complexity index is 584. The lowest BCUT2D eigenvalue weighted by Gasteiger charge is -2.00. The number of nitrogens with two attached hydrogens (primary N) is 1. The number of nitrogens with zero attached hydrogens (tertiary/aromatic N) is 1. The molecule has 1 heterocycles. The zero-order valence-corrected chi connectivity index (χ0v) is 9.51. The summed E-state index contributed by atoms with van der Waals surface area (Å²) in [4.78, 5) is 0. The van der Waals surface area contributed by atoms with E-state index in [2.05, 4.69) is 0 Å². The second-order valence-electron chi connectivity index (χ2n) is 3.12. The second kappa shape index (κ2) is 4.09. The monoisotopic (exact) mass is 252 g/mol. The molecule has 0 spiro atoms. The molecule has 1 aromatic carbocycles. The zero-order valence-electron chi connectivity index (χ0n) is 8.00. The van der Waals surface area contributed by atoms with Crippen molar-refractivity contribution in [3.63, 3.8) is 0 Å². The summed E-state index contributed by atoms with van der Waals surface area (Å²) >= 11 is 11.8. The van der Waals surface area contributed by atoms with Crippen molar-refractivity contribution >= 4 is 29.1 Å². The van der Waals surface area contributed by atoms with Crippen molar-refractivity contribution in [2.45, 2.75) is 0 Å². The number of hydrogen-bond donors (Lipinski definition) is 1. The molecule has 0 aliphatic rings. The number of nitrogen functional groups attached to an aromatic ring is 1. The third-order valence-corrected chi connectivity index (χ3v) is 2.63. The molecule has 0 saturated heterocycles. The fraction of sp³-hybridized carbons (Fsp3) is 0. The van der Waals surface area contributed by atoms with Gasteiger partial charge in [-0.1, -0.05) is 23.2 Å². The number of rotatable bonds is 1. The zero-order chi connectivity index (χ0) is 11.7. The second-order valence-corrected chi connectivity index (χ2v) is 3.97. The van der Waals surface area contributed by atoms with Crippen molar-refractivity contribution in [3.05, 3.63) is 39.9 Å². The lowest BCUT2D eigenvalue weighted by atomic mass is 10.1. The Morgan fingerprint density at radius 3 is 2.56 bits per heavy atom. The molecule has 0 saturated carbocycles. The lowest BCUT2D eigenvalue weighted by Crippen LogP contribution is -1.82. The van der Waals surface area contributed by atoms with E-state index in [1.54, 1.807) is 24.3 Å². The summed E-state index contributed by atoms with van der Waals surface area (Å²) < 4.78 is 5.24. The van der Waals surface area contributed by atoms with E-state index >= 15 is 0 Å². The Morgan fingerprint density at radius 1 is 1.25 bits per heavy atom. The van der Waals surface area contributed by atoms with Crippen molar-refractivity contribution in [2.75, 3.05) is 5.73 Å². The molecule has 0 unspecified atom stereocenters. The van der Waals surface area contributed by atoms with Crippen LogP contribution in [0.1, 0.15) is 5.56 Å². The van der Waals surface area contributed by atoms with Gasteiger partial charge in [0.1, 0.15) is 17.4 Å². The first-order valence-electron chi connectivity index (χ1n) is 4.36. The molecule has 0 atom stereocenters. The first-order chi connectivity index (χ1) is 7.61. The molecule has 0 fully saturated rings. The van der Waals surface area contributed by atoms with Crippen LogP contribution in [0, 0.1) is 11.3 Å². The van der Waals surface area contributed by atoms with Gasteiger partial charge in [-0.3, -0.25) is 0 Å². The normalized spacial score (nSPS) is 10.1. The first-order valence-corrected chi connectivity index (χ1v) is 5.12. The summed E-state index contributed by atoms with van der Waals surface area (Å²) in [6.07, 6.45) is 0. The molecule has 5 heteroatoms. The predicted octanol–water partition coefficient (Wildman–Crippen LogP) is 3.71. The van der Waals surface area contributed by atoms with Crippen LogP contribution in [0.2, 0.25) is 10.0 Å². The van der Waals surface area contributed by atoms with E-state index in [-0.39, 0.29) is 5.88 Å². The quantitative estimate of drug-likeness (QED) is 0.842. The van der Waals surface area contributed by atoms with Gasteiger partial charge in [0.05, 0.1) is 5.02 Å². The van der Waals surface area contributed by atoms with Crippen molar-refractivity contribution in [2.24, 2.45) is 0 Å². The maximum atomic E-state index is 8.75. The van der Waals surface area contributed by atoms with Crippen LogP contribution in [0.25, 0.3) is 11.3 Å². The van der Waals surface area contributed by atoms with Crippen LogP contribution in [0.3, 0.4) is 0 Å². The third kappa shape index (κ3) is 1.85. The van der Waals surface area contributed by atoms with Crippen molar-refractivity contribution in [1.82, 2.24) is 0 Å². The van der Waals surface area contributed by atoms with Crippen LogP contribution in [0.5, 0.6) is 0 Å². The smallest absolute Gasteiger partial charge is 0.208 e. The molecule has 2 N–H and O–H groups in total. The Morgan fingerprint density at radius 2 is 2.00 bits per heavy atom. The minimum atomic E-state index is 0.0866. The highest BCUT2D eigenvalue weighted by Crippen LogP contribution is 2.33. The molecule has 80 valence electrons. The van der Waals surface area contributed by atoms with E-state index in [1.807, 2.05) is 6.07 Å². The molecule has 0 radical (unpaired) electrons. The van der Waals surface area contributed by atoms with Crippen molar-refractivity contribution in [1.29, 1.82) is 5.26 Å². The van der Waals surface area contributed by atoms with E-state index in [9.17, 15) is 0 Å². The number of nitriles is 1. The Kier molecular flexibility index (Phi) is 2.78. The Hall–Kier alpha value is -1.63. The lowest BCUT2D eigenvalue weighted by molar-refractivity contribution is 0.602. The molecule has 0 bridgehead atoms. The van der Waals surface area contributed by atoms with Gasteiger partial charge in [0.15, 0.2) is 0 Å². The number of furan rings is 1. The Balaban J connectivity index is 2.55. The molecule has 2 aromatic rings. The number of halogens is 2. The van der Waals surface area contributed by atoms with Crippen molar-refractivity contribution in [3.8, 4) is 17.4 Å². The van der Waals surface area contributed by atoms with E-state index in [1.165, 1.54) is 0 Å². The highest BCUT2D eigenvalue weighted by Gasteiger charge is 2.12. The highest BCUT2D eigenvalue weighted by atomic mass is 35.5. The van der Waals surface area contributed by atoms with Gasteiger partial charge in [-0.2, -0.15) is 5.26 Å². The van der Waals surface area contributed by atoms with E-state index in [4.69, 9.17) is 38.6 Å². The van der Waals surface area contributed by atoms with Crippen LogP contribution >= 0.6 is 23.2 Å². The van der Waals surface area contributed by atoms with Crippen LogP contribution in [0.4, 0.5) is 5.88 Å². The van der Waals surface area contributed by atoms with E-state index in [0.29, 0.717) is 26.9 Å². The molecule has 0 aliphatic carbocycles. The van der Waals surface area contributed by atoms with Gasteiger partial charge in [0.25, 0.3) is 0 Å². The van der Waals surface area contributed by atoms with Crippen LogP contribution in [-0.4, -0.2) is 0 Å². The summed E-state index contributed by atoms with van der Waals surface area (Å²) in [5.74, 6) is 0.541. The molecule has 2 rings (SSSR count). The predicted molar refractivity (Wildman–Crippen MR) is 63.3 cm³/mol. The molecular weight excluding hydrogens is 247 g/mol. The van der Waals surface area contributed by atoms with Gasteiger partial charge in [-0.15, -0.1) is 0 Å². The average molecular weight is 253 g/mol. The van der Waals surface area contributed by atoms with E-state index < -0.39 is 0 Å². The van der Waals surface area contributed by atoms with Crippen molar-refractivity contribution < 1.29 is 4.42 Å². The van der Waals surface area contributed by atoms with Gasteiger partial charge in [0.2, 0.25) is 5.88 Å². The molecule has 3 nitrogen and oxygen atoms in total. The summed E-state index contributed by atoms with van der Waals surface area (Å²) in [6.45, 7) is 0. The summed E-state index contributed by atoms with van der Waals surface area (Å²) in [5, 5.41) is 9.73. The fourth-order valence-corrected chi connectivity index (χ4v) is 1.82. The standard InChI is InChI=1S/C11H6Cl2N2O/c12-7-1-2-8(9(13)4-7)10-3-6(5-14)11(15)16-10/h1-4H,15H2. The maximum Gasteiger partial charge on any atom is 0.208 e. The van der Waals surface area contributed by atoms with Gasteiger partial charge in [-0.05, 0) is 18.2 Å². The summed E-state index contributed by atoms with van der Waals surface area (Å²) in [7, 11) is 0. The van der Waals surface area contributed by atoms with Gasteiger partial charge in [0, 0.05) is 16.7 Å². The third-order valence-electron chi connectivity index (χ3n) is 2.08. The first kappa shape index (κ1) is 10.9. The highest BCUT2D eigenvalue weighted by molar-refractivity contribution is 6.36. The van der Waals surface area contributed by atoms with Gasteiger partial charge < -0.3 is 10.2 Å². The van der Waals surface area contributed by atoms with Gasteiger partial charge >= 0.3 is 0 Å². The topological polar surface area (TPSA) is 63.0 Å². The summed E-state index contributed by atoms with van der Waals surface area (Å²) in [5.41, 5.74) is 6.46. The average Bonchev–Trinajstić information content (AvgIpc) is 2.59. The Labute approximate surface area is 102 Å². The minimum absolute atomic E-state index is 0.0866. The molecular formula is C11H6Cl2N2O. The SMILES string of the molecule is N#Cc1cc(-c2ccc(Cl)cc2Cl)oc1N. The minimum Gasteiger partial charge on any atom is -0.439 e. The maximum absolute atomic E-state index is 8.75. The molecule has 16 heavy (non-hydrogen) atoms. The number of hydrogen-bond acceptors (Lipinski definition) is 3. The summed E-state index contributed by atoms with van der Waals surface area (Å²) in [6, 6.07) is 8.48. The molecule has 1 aromatic heterocycles. The molecule has 0 aliphatic heterocycles.